The molecule has 0 amide bonds. The maximum absolute atomic E-state index is 11.8. The molecule has 0 N–H and O–H groups in total. The number of sulfonamides is 1. The summed E-state index contributed by atoms with van der Waals surface area (Å²) in [6, 6.07) is 1.96. The molecule has 1 heterocycles. The molecule has 1 aliphatic rings. The third kappa shape index (κ3) is 2.61. The topological polar surface area (TPSA) is 37.4 Å². The van der Waals surface area contributed by atoms with E-state index in [0.717, 1.165) is 22.2 Å². The minimum atomic E-state index is -3.03. The molecule has 1 aromatic rings. The molecule has 0 unspecified atom stereocenters. The van der Waals surface area contributed by atoms with Crippen LogP contribution < -0.4 is 0 Å². The molecule has 0 radical (unpaired) electrons. The normalized spacial score (nSPS) is 17.3. The molecule has 1 fully saturated rings. The average molecular weight is 310 g/mol. The summed E-state index contributed by atoms with van der Waals surface area (Å²) in [7, 11) is -1.38. The van der Waals surface area contributed by atoms with E-state index < -0.39 is 10.0 Å². The van der Waals surface area contributed by atoms with Gasteiger partial charge in [0, 0.05) is 28.3 Å². The fourth-order valence-corrected chi connectivity index (χ4v) is 4.51. The monoisotopic (exact) mass is 309 g/mol. The van der Waals surface area contributed by atoms with Crippen molar-refractivity contribution in [3.8, 4) is 0 Å². The minimum Gasteiger partial charge on any atom is -0.212 e. The van der Waals surface area contributed by atoms with Crippen molar-refractivity contribution in [1.82, 2.24) is 4.31 Å². The van der Waals surface area contributed by atoms with Crippen molar-refractivity contribution in [2.75, 3.05) is 7.05 Å². The Balaban J connectivity index is 2.06. The quantitative estimate of drug-likeness (QED) is 0.856. The minimum absolute atomic E-state index is 0.120. The van der Waals surface area contributed by atoms with Gasteiger partial charge in [-0.3, -0.25) is 0 Å². The maximum atomic E-state index is 11.8. The zero-order valence-corrected chi connectivity index (χ0v) is 11.5. The van der Waals surface area contributed by atoms with Crippen molar-refractivity contribution < 1.29 is 8.42 Å². The summed E-state index contributed by atoms with van der Waals surface area (Å²) in [5, 5.41) is 1.85. The molecule has 0 saturated heterocycles. The van der Waals surface area contributed by atoms with Crippen LogP contribution in [-0.4, -0.2) is 25.0 Å². The van der Waals surface area contributed by atoms with E-state index in [0.29, 0.717) is 6.54 Å². The van der Waals surface area contributed by atoms with Crippen LogP contribution in [0.15, 0.2) is 15.9 Å². The lowest BCUT2D eigenvalue weighted by Gasteiger charge is -2.15. The molecular formula is C9H12BrNO2S2. The maximum Gasteiger partial charge on any atom is 0.217 e. The first-order chi connectivity index (χ1) is 7.00. The highest BCUT2D eigenvalue weighted by Crippen LogP contribution is 2.31. The van der Waals surface area contributed by atoms with Crippen LogP contribution in [0, 0.1) is 0 Å². The van der Waals surface area contributed by atoms with Gasteiger partial charge in [-0.2, -0.15) is 4.31 Å². The molecule has 0 bridgehead atoms. The highest BCUT2D eigenvalue weighted by Gasteiger charge is 2.38. The van der Waals surface area contributed by atoms with E-state index in [1.165, 1.54) is 4.31 Å². The van der Waals surface area contributed by atoms with Gasteiger partial charge < -0.3 is 0 Å². The average Bonchev–Trinajstić information content (AvgIpc) is 2.92. The van der Waals surface area contributed by atoms with Gasteiger partial charge in [0.1, 0.15) is 0 Å². The third-order valence-electron chi connectivity index (χ3n) is 2.38. The number of nitrogens with zero attached hydrogens (tertiary/aromatic N) is 1. The molecule has 0 aliphatic heterocycles. The lowest BCUT2D eigenvalue weighted by Crippen LogP contribution is -2.29. The number of thiophene rings is 1. The van der Waals surface area contributed by atoms with Gasteiger partial charge in [-0.05, 0) is 34.8 Å². The van der Waals surface area contributed by atoms with E-state index in [4.69, 9.17) is 0 Å². The van der Waals surface area contributed by atoms with Crippen molar-refractivity contribution in [2.24, 2.45) is 0 Å². The standard InChI is InChI=1S/C9H12BrNO2S2/c1-11(15(12,13)9-2-3-9)5-8-4-7(10)6-14-8/h4,6,9H,2-3,5H2,1H3. The van der Waals surface area contributed by atoms with E-state index in [1.54, 1.807) is 18.4 Å². The summed E-state index contributed by atoms with van der Waals surface area (Å²) in [5.74, 6) is 0. The number of rotatable bonds is 4. The Kier molecular flexibility index (Phi) is 3.21. The first kappa shape index (κ1) is 11.6. The number of hydrogen-bond donors (Lipinski definition) is 0. The Morgan fingerprint density at radius 3 is 2.73 bits per heavy atom. The molecule has 84 valence electrons. The number of hydrogen-bond acceptors (Lipinski definition) is 3. The summed E-state index contributed by atoms with van der Waals surface area (Å²) in [4.78, 5) is 1.06. The van der Waals surface area contributed by atoms with E-state index in [2.05, 4.69) is 15.9 Å². The zero-order chi connectivity index (χ0) is 11.1. The van der Waals surface area contributed by atoms with Crippen LogP contribution in [0.2, 0.25) is 0 Å². The van der Waals surface area contributed by atoms with Crippen LogP contribution in [0.5, 0.6) is 0 Å². The molecule has 1 aliphatic carbocycles. The molecule has 0 aromatic carbocycles. The highest BCUT2D eigenvalue weighted by atomic mass is 79.9. The first-order valence-electron chi connectivity index (χ1n) is 4.68. The van der Waals surface area contributed by atoms with Gasteiger partial charge in [0.15, 0.2) is 0 Å². The predicted molar refractivity (Wildman–Crippen MR) is 65.4 cm³/mol. The molecule has 3 nitrogen and oxygen atoms in total. The van der Waals surface area contributed by atoms with Crippen molar-refractivity contribution in [3.63, 3.8) is 0 Å². The summed E-state index contributed by atoms with van der Waals surface area (Å²) in [6.07, 6.45) is 1.64. The molecule has 0 spiro atoms. The summed E-state index contributed by atoms with van der Waals surface area (Å²) < 4.78 is 26.1. The summed E-state index contributed by atoms with van der Waals surface area (Å²) in [5.41, 5.74) is 0. The Labute approximate surface area is 102 Å². The first-order valence-corrected chi connectivity index (χ1v) is 7.86. The summed E-state index contributed by atoms with van der Waals surface area (Å²) >= 11 is 4.93. The third-order valence-corrected chi connectivity index (χ3v) is 6.37. The Morgan fingerprint density at radius 1 is 1.60 bits per heavy atom. The van der Waals surface area contributed by atoms with Crippen LogP contribution in [-0.2, 0) is 16.6 Å². The largest absolute Gasteiger partial charge is 0.217 e. The fourth-order valence-electron chi connectivity index (χ4n) is 1.37. The van der Waals surface area contributed by atoms with Crippen LogP contribution in [0.4, 0.5) is 0 Å². The Hall–Kier alpha value is 0.0900. The van der Waals surface area contributed by atoms with E-state index >= 15 is 0 Å². The van der Waals surface area contributed by atoms with Crippen molar-refractivity contribution in [3.05, 3.63) is 20.8 Å². The van der Waals surface area contributed by atoms with E-state index in [9.17, 15) is 8.42 Å². The number of halogens is 1. The second kappa shape index (κ2) is 4.16. The molecule has 1 saturated carbocycles. The predicted octanol–water partition coefficient (Wildman–Crippen LogP) is 2.43. The molecule has 1 aromatic heterocycles. The van der Waals surface area contributed by atoms with Gasteiger partial charge in [0.05, 0.1) is 5.25 Å². The van der Waals surface area contributed by atoms with Crippen LogP contribution in [0.25, 0.3) is 0 Å². The molecule has 15 heavy (non-hydrogen) atoms. The van der Waals surface area contributed by atoms with Gasteiger partial charge in [-0.1, -0.05) is 0 Å². The van der Waals surface area contributed by atoms with Crippen molar-refractivity contribution in [2.45, 2.75) is 24.6 Å². The van der Waals surface area contributed by atoms with E-state index in [-0.39, 0.29) is 5.25 Å². The van der Waals surface area contributed by atoms with E-state index in [1.807, 2.05) is 11.4 Å². The van der Waals surface area contributed by atoms with Gasteiger partial charge >= 0.3 is 0 Å². The van der Waals surface area contributed by atoms with Crippen LogP contribution >= 0.6 is 27.3 Å². The van der Waals surface area contributed by atoms with Crippen molar-refractivity contribution >= 4 is 37.3 Å². The van der Waals surface area contributed by atoms with Gasteiger partial charge in [0.2, 0.25) is 10.0 Å². The molecular weight excluding hydrogens is 298 g/mol. The molecule has 2 rings (SSSR count). The lowest BCUT2D eigenvalue weighted by atomic mass is 10.5. The van der Waals surface area contributed by atoms with Gasteiger partial charge in [-0.15, -0.1) is 11.3 Å². The van der Waals surface area contributed by atoms with Gasteiger partial charge in [-0.25, -0.2) is 8.42 Å². The highest BCUT2D eigenvalue weighted by molar-refractivity contribution is 9.10. The fraction of sp³-hybridized carbons (Fsp3) is 0.556. The lowest BCUT2D eigenvalue weighted by molar-refractivity contribution is 0.468. The zero-order valence-electron chi connectivity index (χ0n) is 8.31. The summed E-state index contributed by atoms with van der Waals surface area (Å²) in [6.45, 7) is 0.481. The molecule has 6 heteroatoms. The SMILES string of the molecule is CN(Cc1cc(Br)cs1)S(=O)(=O)C1CC1. The van der Waals surface area contributed by atoms with Crippen LogP contribution in [0.3, 0.4) is 0 Å². The smallest absolute Gasteiger partial charge is 0.212 e. The second-order valence-corrected chi connectivity index (χ2v) is 7.96. The Morgan fingerprint density at radius 2 is 2.27 bits per heavy atom. The second-order valence-electron chi connectivity index (χ2n) is 3.73. The van der Waals surface area contributed by atoms with Crippen LogP contribution in [0.1, 0.15) is 17.7 Å². The van der Waals surface area contributed by atoms with Crippen molar-refractivity contribution in [1.29, 1.82) is 0 Å². The Bertz CT molecular complexity index is 450. The molecule has 0 atom stereocenters. The van der Waals surface area contributed by atoms with Gasteiger partial charge in [0.25, 0.3) is 0 Å².